The second-order valence-corrected chi connectivity index (χ2v) is 9.87. The Morgan fingerprint density at radius 1 is 1.28 bits per heavy atom. The molecule has 1 atom stereocenters. The molecule has 36 heavy (non-hydrogen) atoms. The van der Waals surface area contributed by atoms with Gasteiger partial charge in [0.25, 0.3) is 5.56 Å². The predicted octanol–water partition coefficient (Wildman–Crippen LogP) is 5.87. The number of aromatic nitrogens is 3. The van der Waals surface area contributed by atoms with Gasteiger partial charge in [-0.3, -0.25) is 10.2 Å². The lowest BCUT2D eigenvalue weighted by Crippen LogP contribution is -2.24. The number of nitrogens with zero attached hydrogens (tertiary/aromatic N) is 4. The van der Waals surface area contributed by atoms with Crippen molar-refractivity contribution in [2.24, 2.45) is 5.22 Å². The van der Waals surface area contributed by atoms with Crippen molar-refractivity contribution in [1.29, 1.82) is 10.9 Å². The van der Waals surface area contributed by atoms with E-state index in [2.05, 4.69) is 15.2 Å². The van der Waals surface area contributed by atoms with Crippen LogP contribution in [0.4, 0.5) is 5.69 Å². The van der Waals surface area contributed by atoms with Crippen molar-refractivity contribution in [3.05, 3.63) is 79.4 Å². The van der Waals surface area contributed by atoms with Crippen LogP contribution in [0.25, 0.3) is 21.7 Å². The van der Waals surface area contributed by atoms with Crippen molar-refractivity contribution in [3.8, 4) is 21.7 Å². The van der Waals surface area contributed by atoms with Crippen LogP contribution in [0.15, 0.2) is 52.6 Å². The van der Waals surface area contributed by atoms with E-state index >= 15 is 0 Å². The number of pyridine rings is 1. The predicted molar refractivity (Wildman–Crippen MR) is 138 cm³/mol. The Morgan fingerprint density at radius 3 is 2.78 bits per heavy atom. The zero-order chi connectivity index (χ0) is 25.6. The third-order valence-electron chi connectivity index (χ3n) is 5.97. The van der Waals surface area contributed by atoms with Gasteiger partial charge in [0, 0.05) is 27.9 Å². The summed E-state index contributed by atoms with van der Waals surface area (Å²) in [5.41, 5.74) is 9.68. The van der Waals surface area contributed by atoms with Crippen LogP contribution < -0.4 is 10.6 Å². The van der Waals surface area contributed by atoms with E-state index in [9.17, 15) is 14.7 Å². The van der Waals surface area contributed by atoms with Crippen molar-refractivity contribution in [2.75, 3.05) is 5.01 Å². The lowest BCUT2D eigenvalue weighted by molar-refractivity contribution is 0.0702. The largest absolute Gasteiger partial charge is 0.477 e. The average molecular weight is 542 g/mol. The second-order valence-electron chi connectivity index (χ2n) is 7.97. The van der Waals surface area contributed by atoms with Gasteiger partial charge in [-0.05, 0) is 43.2 Å². The molecule has 3 aromatic heterocycles. The second kappa shape index (κ2) is 9.34. The molecule has 1 aromatic carbocycles. The molecular weight excluding hydrogens is 525 g/mol. The maximum absolute atomic E-state index is 13.3. The zero-order valence-electron chi connectivity index (χ0n) is 18.3. The van der Waals surface area contributed by atoms with Gasteiger partial charge in [0.05, 0.1) is 33.5 Å². The summed E-state index contributed by atoms with van der Waals surface area (Å²) in [7, 11) is 0. The molecule has 1 aliphatic heterocycles. The number of carbonyl (C=O) groups is 1. The average Bonchev–Trinajstić information content (AvgIpc) is 3.62. The number of benzene rings is 1. The van der Waals surface area contributed by atoms with Crippen LogP contribution in [0, 0.1) is 10.9 Å². The lowest BCUT2D eigenvalue weighted by Gasteiger charge is -2.19. The number of nitrogens with one attached hydrogen (secondary N) is 3. The van der Waals surface area contributed by atoms with Gasteiger partial charge < -0.3 is 14.7 Å². The molecule has 0 saturated carbocycles. The smallest absolute Gasteiger partial charge is 0.345 e. The van der Waals surface area contributed by atoms with Gasteiger partial charge in [0.2, 0.25) is 0 Å². The van der Waals surface area contributed by atoms with Crippen molar-refractivity contribution >= 4 is 52.5 Å². The Morgan fingerprint density at radius 2 is 2.08 bits per heavy atom. The minimum atomic E-state index is -0.990. The Labute approximate surface area is 217 Å². The molecule has 1 unspecified atom stereocenters. The highest BCUT2D eigenvalue weighted by Crippen LogP contribution is 2.41. The molecule has 10 nitrogen and oxygen atoms in total. The van der Waals surface area contributed by atoms with E-state index in [-0.39, 0.29) is 16.5 Å². The first-order valence-corrected chi connectivity index (χ1v) is 12.2. The van der Waals surface area contributed by atoms with Crippen LogP contribution >= 0.6 is 34.5 Å². The maximum Gasteiger partial charge on any atom is 0.345 e. The number of hydrogen-bond donors (Lipinski definition) is 4. The van der Waals surface area contributed by atoms with Gasteiger partial charge in [0.1, 0.15) is 17.0 Å². The number of anilines is 1. The molecule has 0 spiro atoms. The van der Waals surface area contributed by atoms with Crippen LogP contribution in [0.3, 0.4) is 0 Å². The Bertz CT molecular complexity index is 1580. The van der Waals surface area contributed by atoms with Gasteiger partial charge in [-0.25, -0.2) is 14.8 Å². The minimum absolute atomic E-state index is 0.225. The molecule has 4 aromatic rings. The van der Waals surface area contributed by atoms with Crippen LogP contribution in [-0.4, -0.2) is 31.9 Å². The first-order chi connectivity index (χ1) is 17.3. The molecule has 0 aliphatic carbocycles. The van der Waals surface area contributed by atoms with Gasteiger partial charge in [-0.2, -0.15) is 5.53 Å². The maximum atomic E-state index is 13.3. The Hall–Kier alpha value is -3.80. The first-order valence-electron chi connectivity index (χ1n) is 10.6. The fourth-order valence-electron chi connectivity index (χ4n) is 4.38. The van der Waals surface area contributed by atoms with Gasteiger partial charge in [0.15, 0.2) is 0 Å². The van der Waals surface area contributed by atoms with Crippen LogP contribution in [-0.2, 0) is 6.42 Å². The van der Waals surface area contributed by atoms with E-state index in [1.165, 1.54) is 12.1 Å². The number of thiophene rings is 1. The number of carboxylic acids is 1. The molecule has 5 rings (SSSR count). The fraction of sp³-hybridized carbons (Fsp3) is 0.130. The summed E-state index contributed by atoms with van der Waals surface area (Å²) >= 11 is 14.2. The van der Waals surface area contributed by atoms with E-state index in [0.29, 0.717) is 56.9 Å². The molecule has 0 radical (unpaired) electrons. The number of aromatic amines is 1. The van der Waals surface area contributed by atoms with E-state index in [1.54, 1.807) is 35.0 Å². The first kappa shape index (κ1) is 23.9. The van der Waals surface area contributed by atoms with Crippen LogP contribution in [0.5, 0.6) is 0 Å². The summed E-state index contributed by atoms with van der Waals surface area (Å²) in [6, 6.07) is 9.13. The molecule has 0 amide bonds. The summed E-state index contributed by atoms with van der Waals surface area (Å²) in [5.74, 6) is -0.415. The third kappa shape index (κ3) is 4.00. The molecule has 0 saturated heterocycles. The molecule has 4 heterocycles. The van der Waals surface area contributed by atoms with Crippen molar-refractivity contribution in [1.82, 2.24) is 14.5 Å². The zero-order valence-corrected chi connectivity index (χ0v) is 20.7. The molecule has 1 aliphatic rings. The molecule has 0 bridgehead atoms. The highest BCUT2D eigenvalue weighted by atomic mass is 35.5. The molecule has 182 valence electrons. The molecular formula is C23H17Cl2N7O3S. The Balaban J connectivity index is 1.56. The summed E-state index contributed by atoms with van der Waals surface area (Å²) in [4.78, 5) is 33.2. The number of fused-ring (bicyclic) bond motifs is 1. The summed E-state index contributed by atoms with van der Waals surface area (Å²) in [5, 5.41) is 21.9. The summed E-state index contributed by atoms with van der Waals surface area (Å²) in [6.45, 7) is 0. The van der Waals surface area contributed by atoms with E-state index in [1.807, 2.05) is 0 Å². The number of hydrogen-bond acceptors (Lipinski definition) is 7. The number of rotatable bonds is 7. The SMILES string of the molecule is N=CN(N=N)c1ccc(Cl)cc1-c1cc(=O)n2c(c1Cl)CCC2c1ncc(-c2ccc(C(=O)O)s2)[nH]1. The van der Waals surface area contributed by atoms with E-state index in [0.717, 1.165) is 27.6 Å². The fourth-order valence-corrected chi connectivity index (χ4v) is 5.71. The highest BCUT2D eigenvalue weighted by molar-refractivity contribution is 7.17. The van der Waals surface area contributed by atoms with Crippen molar-refractivity contribution < 1.29 is 9.90 Å². The van der Waals surface area contributed by atoms with Gasteiger partial charge in [-0.1, -0.05) is 28.4 Å². The van der Waals surface area contributed by atoms with Crippen LogP contribution in [0.1, 0.15) is 33.7 Å². The highest BCUT2D eigenvalue weighted by Gasteiger charge is 2.31. The number of halogens is 2. The minimum Gasteiger partial charge on any atom is -0.477 e. The summed E-state index contributed by atoms with van der Waals surface area (Å²) in [6.07, 6.45) is 3.62. The monoisotopic (exact) mass is 541 g/mol. The molecule has 0 fully saturated rings. The van der Waals surface area contributed by atoms with Gasteiger partial charge >= 0.3 is 5.97 Å². The van der Waals surface area contributed by atoms with Crippen molar-refractivity contribution in [2.45, 2.75) is 18.9 Å². The van der Waals surface area contributed by atoms with E-state index < -0.39 is 5.97 Å². The molecule has 4 N–H and O–H groups in total. The van der Waals surface area contributed by atoms with Crippen LogP contribution in [0.2, 0.25) is 10.0 Å². The normalized spacial score (nSPS) is 14.4. The standard InChI is InChI=1S/C23H17Cl2N7O3S/c24-11-1-2-15(31(10-26)30-27)12(7-11)13-8-20(33)32-16(21(13)25)3-4-17(32)22-28-9-14(29-22)18-5-6-19(36-18)23(34)35/h1-2,5-10,17,26-27H,3-4H2,(H,28,29)(H,34,35). The lowest BCUT2D eigenvalue weighted by atomic mass is 10.0. The number of H-pyrrole nitrogens is 1. The topological polar surface area (TPSA) is 151 Å². The summed E-state index contributed by atoms with van der Waals surface area (Å²) < 4.78 is 1.61. The Kier molecular flexibility index (Phi) is 6.20. The number of imidazole rings is 1. The van der Waals surface area contributed by atoms with Crippen molar-refractivity contribution in [3.63, 3.8) is 0 Å². The quantitative estimate of drug-likeness (QED) is 0.0997. The third-order valence-corrected chi connectivity index (χ3v) is 7.73. The molecule has 13 heteroatoms. The number of carboxylic acid groups (broad SMARTS) is 1. The van der Waals surface area contributed by atoms with E-state index in [4.69, 9.17) is 34.1 Å². The number of aromatic carboxylic acids is 1. The van der Waals surface area contributed by atoms with Gasteiger partial charge in [-0.15, -0.1) is 11.3 Å².